The molecule has 2 aromatic rings. The molecule has 0 amide bonds. The molecule has 8 heteroatoms. The smallest absolute Gasteiger partial charge is 0.266 e. The fourth-order valence-electron chi connectivity index (χ4n) is 1.72. The van der Waals surface area contributed by atoms with Gasteiger partial charge in [-0.1, -0.05) is 0 Å². The number of aryl methyl sites for hydroxylation is 3. The highest BCUT2D eigenvalue weighted by Gasteiger charge is 2.22. The SMILES string of the molecule is Cc1cc(NS(=O)(=O)c2c(C)n[nH]c2C)ncc1Br. The van der Waals surface area contributed by atoms with Crippen LogP contribution < -0.4 is 4.72 Å². The summed E-state index contributed by atoms with van der Waals surface area (Å²) in [4.78, 5) is 4.19. The number of rotatable bonds is 3. The van der Waals surface area contributed by atoms with Crippen LogP contribution in [0.2, 0.25) is 0 Å². The number of pyridine rings is 1. The van der Waals surface area contributed by atoms with Crippen LogP contribution in [0, 0.1) is 20.8 Å². The summed E-state index contributed by atoms with van der Waals surface area (Å²) in [6.07, 6.45) is 1.56. The summed E-state index contributed by atoms with van der Waals surface area (Å²) in [5.41, 5.74) is 1.83. The third-order valence-corrected chi connectivity index (χ3v) is 5.06. The van der Waals surface area contributed by atoms with E-state index >= 15 is 0 Å². The van der Waals surface area contributed by atoms with E-state index in [1.165, 1.54) is 0 Å². The van der Waals surface area contributed by atoms with Crippen molar-refractivity contribution in [3.05, 3.63) is 33.7 Å². The Morgan fingerprint density at radius 1 is 1.32 bits per heavy atom. The van der Waals surface area contributed by atoms with Gasteiger partial charge in [-0.3, -0.25) is 9.82 Å². The Kier molecular flexibility index (Phi) is 3.64. The lowest BCUT2D eigenvalue weighted by molar-refractivity contribution is 0.600. The summed E-state index contributed by atoms with van der Waals surface area (Å²) in [5, 5.41) is 6.54. The fraction of sp³-hybridized carbons (Fsp3) is 0.273. The van der Waals surface area contributed by atoms with E-state index in [0.29, 0.717) is 11.4 Å². The van der Waals surface area contributed by atoms with Gasteiger partial charge in [0, 0.05) is 10.7 Å². The van der Waals surface area contributed by atoms with Gasteiger partial charge in [0.05, 0.1) is 11.4 Å². The Morgan fingerprint density at radius 2 is 2.00 bits per heavy atom. The van der Waals surface area contributed by atoms with Crippen LogP contribution in [0.15, 0.2) is 21.6 Å². The van der Waals surface area contributed by atoms with Gasteiger partial charge in [-0.25, -0.2) is 13.4 Å². The zero-order chi connectivity index (χ0) is 14.2. The summed E-state index contributed by atoms with van der Waals surface area (Å²) < 4.78 is 27.8. The Morgan fingerprint density at radius 3 is 2.53 bits per heavy atom. The molecule has 19 heavy (non-hydrogen) atoms. The van der Waals surface area contributed by atoms with Crippen LogP contribution in [0.1, 0.15) is 17.0 Å². The molecule has 0 saturated carbocycles. The number of nitrogens with zero attached hydrogens (tertiary/aromatic N) is 2. The third-order valence-electron chi connectivity index (χ3n) is 2.62. The molecule has 2 heterocycles. The van der Waals surface area contributed by atoms with Crippen molar-refractivity contribution in [1.82, 2.24) is 15.2 Å². The molecular weight excluding hydrogens is 332 g/mol. The van der Waals surface area contributed by atoms with Gasteiger partial charge in [0.15, 0.2) is 0 Å². The number of sulfonamides is 1. The predicted octanol–water partition coefficient (Wildman–Crippen LogP) is 2.29. The number of halogens is 1. The molecule has 2 N–H and O–H groups in total. The van der Waals surface area contributed by atoms with Crippen molar-refractivity contribution in [2.75, 3.05) is 4.72 Å². The minimum absolute atomic E-state index is 0.162. The summed E-state index contributed by atoms with van der Waals surface area (Å²) in [7, 11) is -3.68. The summed E-state index contributed by atoms with van der Waals surface area (Å²) in [6.45, 7) is 5.16. The van der Waals surface area contributed by atoms with Crippen LogP contribution in [-0.4, -0.2) is 23.6 Å². The number of H-pyrrole nitrogens is 1. The molecular formula is C11H13BrN4O2S. The Balaban J connectivity index is 2.39. The first-order chi connectivity index (χ1) is 8.81. The molecule has 0 atom stereocenters. The molecule has 0 aliphatic rings. The van der Waals surface area contributed by atoms with E-state index in [1.807, 2.05) is 6.92 Å². The molecule has 102 valence electrons. The molecule has 0 spiro atoms. The number of hydrogen-bond donors (Lipinski definition) is 2. The minimum Gasteiger partial charge on any atom is -0.281 e. The maximum Gasteiger partial charge on any atom is 0.266 e. The molecule has 0 unspecified atom stereocenters. The van der Waals surface area contributed by atoms with Crippen molar-refractivity contribution in [3.63, 3.8) is 0 Å². The van der Waals surface area contributed by atoms with Crippen molar-refractivity contribution in [2.45, 2.75) is 25.7 Å². The molecule has 6 nitrogen and oxygen atoms in total. The van der Waals surface area contributed by atoms with Gasteiger partial charge in [-0.2, -0.15) is 5.10 Å². The molecule has 0 fully saturated rings. The van der Waals surface area contributed by atoms with Crippen LogP contribution in [-0.2, 0) is 10.0 Å². The van der Waals surface area contributed by atoms with Crippen LogP contribution in [0.25, 0.3) is 0 Å². The molecule has 0 bridgehead atoms. The van der Waals surface area contributed by atoms with E-state index in [9.17, 15) is 8.42 Å². The van der Waals surface area contributed by atoms with Crippen molar-refractivity contribution < 1.29 is 8.42 Å². The maximum atomic E-state index is 12.3. The molecule has 0 radical (unpaired) electrons. The Hall–Kier alpha value is -1.41. The van der Waals surface area contributed by atoms with Crippen molar-refractivity contribution >= 4 is 31.8 Å². The Bertz CT molecular complexity index is 705. The molecule has 0 aliphatic heterocycles. The third kappa shape index (κ3) is 2.79. The van der Waals surface area contributed by atoms with E-state index < -0.39 is 10.0 Å². The number of anilines is 1. The first kappa shape index (κ1) is 14.0. The second kappa shape index (κ2) is 4.93. The van der Waals surface area contributed by atoms with Gasteiger partial charge in [-0.05, 0) is 48.3 Å². The number of hydrogen-bond acceptors (Lipinski definition) is 4. The van der Waals surface area contributed by atoms with Gasteiger partial charge < -0.3 is 0 Å². The van der Waals surface area contributed by atoms with Crippen molar-refractivity contribution in [3.8, 4) is 0 Å². The quantitative estimate of drug-likeness (QED) is 0.893. The van der Waals surface area contributed by atoms with E-state index in [0.717, 1.165) is 10.0 Å². The second-order valence-corrected chi connectivity index (χ2v) is 6.66. The average Bonchev–Trinajstić information content (AvgIpc) is 2.64. The summed E-state index contributed by atoms with van der Waals surface area (Å²) in [6, 6.07) is 1.66. The van der Waals surface area contributed by atoms with Crippen LogP contribution in [0.3, 0.4) is 0 Å². The number of aromatic nitrogens is 3. The Labute approximate surface area is 119 Å². The standard InChI is InChI=1S/C11H13BrN4O2S/c1-6-4-10(13-5-9(6)12)16-19(17,18)11-7(2)14-15-8(11)3/h4-5H,1-3H3,(H,13,16)(H,14,15). The molecule has 0 saturated heterocycles. The predicted molar refractivity (Wildman–Crippen MR) is 75.5 cm³/mol. The first-order valence-electron chi connectivity index (χ1n) is 5.48. The van der Waals surface area contributed by atoms with E-state index in [-0.39, 0.29) is 10.7 Å². The lowest BCUT2D eigenvalue weighted by atomic mass is 10.3. The molecule has 2 aromatic heterocycles. The molecule has 0 aliphatic carbocycles. The second-order valence-electron chi connectivity index (χ2n) is 4.19. The zero-order valence-electron chi connectivity index (χ0n) is 10.7. The van der Waals surface area contributed by atoms with E-state index in [4.69, 9.17) is 0 Å². The number of nitrogens with one attached hydrogen (secondary N) is 2. The van der Waals surface area contributed by atoms with Crippen molar-refractivity contribution in [2.24, 2.45) is 0 Å². The van der Waals surface area contributed by atoms with Gasteiger partial charge in [0.25, 0.3) is 10.0 Å². The van der Waals surface area contributed by atoms with Crippen LogP contribution in [0.4, 0.5) is 5.82 Å². The van der Waals surface area contributed by atoms with Gasteiger partial charge in [0.2, 0.25) is 0 Å². The lowest BCUT2D eigenvalue weighted by Crippen LogP contribution is -2.15. The van der Waals surface area contributed by atoms with Gasteiger partial charge in [0.1, 0.15) is 10.7 Å². The highest BCUT2D eigenvalue weighted by Crippen LogP contribution is 2.22. The van der Waals surface area contributed by atoms with Gasteiger partial charge in [-0.15, -0.1) is 0 Å². The average molecular weight is 345 g/mol. The van der Waals surface area contributed by atoms with Crippen molar-refractivity contribution in [1.29, 1.82) is 0 Å². The topological polar surface area (TPSA) is 87.7 Å². The first-order valence-corrected chi connectivity index (χ1v) is 7.75. The largest absolute Gasteiger partial charge is 0.281 e. The summed E-state index contributed by atoms with van der Waals surface area (Å²) in [5.74, 6) is 0.278. The monoisotopic (exact) mass is 344 g/mol. The van der Waals surface area contributed by atoms with Crippen LogP contribution in [0.5, 0.6) is 0 Å². The highest BCUT2D eigenvalue weighted by molar-refractivity contribution is 9.10. The highest BCUT2D eigenvalue weighted by atomic mass is 79.9. The zero-order valence-corrected chi connectivity index (χ0v) is 13.1. The lowest BCUT2D eigenvalue weighted by Gasteiger charge is -2.08. The number of aromatic amines is 1. The normalized spacial score (nSPS) is 11.6. The minimum atomic E-state index is -3.68. The summed E-state index contributed by atoms with van der Waals surface area (Å²) >= 11 is 3.32. The fourth-order valence-corrected chi connectivity index (χ4v) is 3.31. The molecule has 2 rings (SSSR count). The molecule has 0 aromatic carbocycles. The van der Waals surface area contributed by atoms with E-state index in [1.54, 1.807) is 26.1 Å². The van der Waals surface area contributed by atoms with Crippen LogP contribution >= 0.6 is 15.9 Å². The van der Waals surface area contributed by atoms with E-state index in [2.05, 4.69) is 35.8 Å². The van der Waals surface area contributed by atoms with Gasteiger partial charge >= 0.3 is 0 Å². The maximum absolute atomic E-state index is 12.3.